The van der Waals surface area contributed by atoms with Gasteiger partial charge in [-0.1, -0.05) is 34.1 Å². The lowest BCUT2D eigenvalue weighted by Gasteiger charge is -2.29. The number of hydrogen-bond acceptors (Lipinski definition) is 3. The minimum Gasteiger partial charge on any atom is -0.480 e. The molecule has 2 amide bonds. The lowest BCUT2D eigenvalue weighted by Crippen LogP contribution is -2.54. The Hall–Kier alpha value is -0.910. The van der Waals surface area contributed by atoms with Crippen molar-refractivity contribution in [3.8, 4) is 0 Å². The van der Waals surface area contributed by atoms with Gasteiger partial charge in [0.25, 0.3) is 0 Å². The molecule has 0 spiro atoms. The average molecular weight is 302 g/mol. The number of hydrogen-bond donors (Lipinski definition) is 3. The highest BCUT2D eigenvalue weighted by molar-refractivity contribution is 7.99. The van der Waals surface area contributed by atoms with Gasteiger partial charge in [0, 0.05) is 11.3 Å². The molecule has 0 aromatic heterocycles. The van der Waals surface area contributed by atoms with Crippen LogP contribution in [0.4, 0.5) is 4.79 Å². The van der Waals surface area contributed by atoms with Gasteiger partial charge in [0.2, 0.25) is 0 Å². The van der Waals surface area contributed by atoms with Crippen LogP contribution in [0.2, 0.25) is 0 Å². The molecule has 1 aliphatic rings. The van der Waals surface area contributed by atoms with Crippen molar-refractivity contribution in [2.75, 3.05) is 5.75 Å². The van der Waals surface area contributed by atoms with E-state index in [0.29, 0.717) is 5.25 Å². The maximum absolute atomic E-state index is 12.0. The number of carboxylic acid groups (broad SMARTS) is 1. The molecule has 0 aromatic rings. The first-order valence-corrected chi connectivity index (χ1v) is 8.22. The van der Waals surface area contributed by atoms with Crippen LogP contribution < -0.4 is 10.6 Å². The number of rotatable bonds is 5. The molecule has 5 nitrogen and oxygen atoms in total. The van der Waals surface area contributed by atoms with Gasteiger partial charge in [-0.15, -0.1) is 0 Å². The maximum Gasteiger partial charge on any atom is 0.326 e. The molecule has 6 heteroatoms. The Morgan fingerprint density at radius 1 is 1.35 bits per heavy atom. The van der Waals surface area contributed by atoms with Gasteiger partial charge in [-0.2, -0.15) is 11.8 Å². The van der Waals surface area contributed by atoms with Crippen LogP contribution >= 0.6 is 11.8 Å². The molecule has 0 bridgehead atoms. The second-order valence-corrected chi connectivity index (χ2v) is 7.80. The summed E-state index contributed by atoms with van der Waals surface area (Å²) in [5.41, 5.74) is -0.517. The molecule has 1 aliphatic carbocycles. The zero-order valence-electron chi connectivity index (χ0n) is 12.7. The predicted octanol–water partition coefficient (Wildman–Crippen LogP) is 2.46. The molecule has 0 saturated heterocycles. The Kier molecular flexibility index (Phi) is 6.17. The molecule has 20 heavy (non-hydrogen) atoms. The molecule has 0 aromatic carbocycles. The maximum atomic E-state index is 12.0. The molecule has 0 aliphatic heterocycles. The minimum atomic E-state index is -1.00. The first kappa shape index (κ1) is 17.1. The van der Waals surface area contributed by atoms with E-state index in [2.05, 4.69) is 17.6 Å². The van der Waals surface area contributed by atoms with Crippen LogP contribution in [0.1, 0.15) is 47.0 Å². The second kappa shape index (κ2) is 7.20. The van der Waals surface area contributed by atoms with Crippen LogP contribution in [-0.4, -0.2) is 40.2 Å². The number of urea groups is 1. The number of thioether (sulfide) groups is 1. The van der Waals surface area contributed by atoms with E-state index in [1.54, 1.807) is 20.8 Å². The summed E-state index contributed by atoms with van der Waals surface area (Å²) in [5.74, 6) is 0.0306. The fourth-order valence-electron chi connectivity index (χ4n) is 2.49. The van der Waals surface area contributed by atoms with Crippen molar-refractivity contribution in [2.24, 2.45) is 5.41 Å². The molecule has 3 N–H and O–H groups in total. The number of amides is 2. The number of carbonyl (C=O) groups is 2. The van der Waals surface area contributed by atoms with E-state index in [-0.39, 0.29) is 12.1 Å². The molecule has 3 atom stereocenters. The summed E-state index contributed by atoms with van der Waals surface area (Å²) < 4.78 is 0. The fraction of sp³-hybridized carbons (Fsp3) is 0.857. The van der Waals surface area contributed by atoms with Crippen LogP contribution in [-0.2, 0) is 4.79 Å². The third-order valence-corrected chi connectivity index (χ3v) is 4.86. The molecule has 1 fully saturated rings. The van der Waals surface area contributed by atoms with E-state index in [1.807, 2.05) is 11.8 Å². The summed E-state index contributed by atoms with van der Waals surface area (Å²) in [7, 11) is 0. The summed E-state index contributed by atoms with van der Waals surface area (Å²) in [6.45, 7) is 7.52. The van der Waals surface area contributed by atoms with Crippen LogP contribution in [0, 0.1) is 5.41 Å². The summed E-state index contributed by atoms with van der Waals surface area (Å²) in [4.78, 5) is 23.3. The minimum absolute atomic E-state index is 0.148. The van der Waals surface area contributed by atoms with Crippen molar-refractivity contribution in [2.45, 2.75) is 64.3 Å². The van der Waals surface area contributed by atoms with E-state index in [9.17, 15) is 14.7 Å². The number of nitrogens with one attached hydrogen (secondary N) is 2. The standard InChI is InChI=1S/C14H26N2O3S/c1-5-20-10-8-6-7-9(10)15-13(19)16-11(12(17)18)14(2,3)4/h9-11H,5-8H2,1-4H3,(H,17,18)(H2,15,16,19). The zero-order chi connectivity index (χ0) is 15.3. The van der Waals surface area contributed by atoms with Crippen LogP contribution in [0.15, 0.2) is 0 Å². The molecule has 116 valence electrons. The lowest BCUT2D eigenvalue weighted by atomic mass is 9.87. The molecule has 0 heterocycles. The Balaban J connectivity index is 2.56. The van der Waals surface area contributed by atoms with E-state index in [1.165, 1.54) is 0 Å². The van der Waals surface area contributed by atoms with Crippen LogP contribution in [0.25, 0.3) is 0 Å². The summed E-state index contributed by atoms with van der Waals surface area (Å²) in [6.07, 6.45) is 3.20. The number of carbonyl (C=O) groups excluding carboxylic acids is 1. The van der Waals surface area contributed by atoms with Crippen molar-refractivity contribution in [3.63, 3.8) is 0 Å². The smallest absolute Gasteiger partial charge is 0.326 e. The Morgan fingerprint density at radius 2 is 2.00 bits per heavy atom. The van der Waals surface area contributed by atoms with Crippen molar-refractivity contribution in [3.05, 3.63) is 0 Å². The highest BCUT2D eigenvalue weighted by Gasteiger charge is 2.34. The molecule has 3 unspecified atom stereocenters. The van der Waals surface area contributed by atoms with Gasteiger partial charge >= 0.3 is 12.0 Å². The molecular formula is C14H26N2O3S. The van der Waals surface area contributed by atoms with Crippen molar-refractivity contribution in [1.82, 2.24) is 10.6 Å². The van der Waals surface area contributed by atoms with Gasteiger partial charge in [0.1, 0.15) is 6.04 Å². The Morgan fingerprint density at radius 3 is 2.50 bits per heavy atom. The number of aliphatic carboxylic acids is 1. The van der Waals surface area contributed by atoms with E-state index < -0.39 is 17.4 Å². The third kappa shape index (κ3) is 4.89. The van der Waals surface area contributed by atoms with Gasteiger partial charge < -0.3 is 15.7 Å². The number of carboxylic acids is 1. The molecule has 1 rings (SSSR count). The second-order valence-electron chi connectivity index (χ2n) is 6.29. The van der Waals surface area contributed by atoms with E-state index in [0.717, 1.165) is 25.0 Å². The topological polar surface area (TPSA) is 78.4 Å². The monoisotopic (exact) mass is 302 g/mol. The molecule has 0 radical (unpaired) electrons. The van der Waals surface area contributed by atoms with Crippen LogP contribution in [0.5, 0.6) is 0 Å². The molecular weight excluding hydrogens is 276 g/mol. The van der Waals surface area contributed by atoms with Crippen LogP contribution in [0.3, 0.4) is 0 Å². The van der Waals surface area contributed by atoms with Gasteiger partial charge in [0.15, 0.2) is 0 Å². The average Bonchev–Trinajstić information content (AvgIpc) is 2.72. The summed E-state index contributed by atoms with van der Waals surface area (Å²) >= 11 is 1.86. The quantitative estimate of drug-likeness (QED) is 0.729. The molecule has 1 saturated carbocycles. The lowest BCUT2D eigenvalue weighted by molar-refractivity contribution is -0.141. The largest absolute Gasteiger partial charge is 0.480 e. The van der Waals surface area contributed by atoms with E-state index in [4.69, 9.17) is 0 Å². The van der Waals surface area contributed by atoms with Crippen molar-refractivity contribution >= 4 is 23.8 Å². The first-order valence-electron chi connectivity index (χ1n) is 7.17. The SMILES string of the molecule is CCSC1CCCC1NC(=O)NC(C(=O)O)C(C)(C)C. The van der Waals surface area contributed by atoms with Gasteiger partial charge in [0.05, 0.1) is 0 Å². The Bertz CT molecular complexity index is 355. The normalized spacial score (nSPS) is 24.2. The van der Waals surface area contributed by atoms with Gasteiger partial charge in [-0.05, 0) is 24.0 Å². The van der Waals surface area contributed by atoms with Crippen molar-refractivity contribution in [1.29, 1.82) is 0 Å². The summed E-state index contributed by atoms with van der Waals surface area (Å²) in [6, 6.07) is -1.11. The zero-order valence-corrected chi connectivity index (χ0v) is 13.5. The first-order chi connectivity index (χ1) is 9.25. The summed E-state index contributed by atoms with van der Waals surface area (Å²) in [5, 5.41) is 15.2. The highest BCUT2D eigenvalue weighted by Crippen LogP contribution is 2.29. The fourth-order valence-corrected chi connectivity index (χ4v) is 3.69. The Labute approximate surface area is 125 Å². The third-order valence-electron chi connectivity index (χ3n) is 3.54. The van der Waals surface area contributed by atoms with Gasteiger partial charge in [-0.25, -0.2) is 9.59 Å². The van der Waals surface area contributed by atoms with Crippen molar-refractivity contribution < 1.29 is 14.7 Å². The van der Waals surface area contributed by atoms with E-state index >= 15 is 0 Å². The predicted molar refractivity (Wildman–Crippen MR) is 82.1 cm³/mol. The van der Waals surface area contributed by atoms with Gasteiger partial charge in [-0.3, -0.25) is 0 Å². The highest BCUT2D eigenvalue weighted by atomic mass is 32.2.